The van der Waals surface area contributed by atoms with Crippen molar-refractivity contribution >= 4 is 47.5 Å². The number of ether oxygens (including phenoxy) is 3. The van der Waals surface area contributed by atoms with E-state index in [0.717, 1.165) is 31.6 Å². The van der Waals surface area contributed by atoms with Crippen molar-refractivity contribution in [1.29, 1.82) is 0 Å². The molecule has 0 fully saturated rings. The summed E-state index contributed by atoms with van der Waals surface area (Å²) in [5, 5.41) is 0.0384. The van der Waals surface area contributed by atoms with Gasteiger partial charge in [0.2, 0.25) is 5.91 Å². The van der Waals surface area contributed by atoms with Gasteiger partial charge in [-0.15, -0.1) is 12.4 Å². The van der Waals surface area contributed by atoms with Gasteiger partial charge in [-0.25, -0.2) is 0 Å². The maximum absolute atomic E-state index is 12.8. The first-order valence-electron chi connectivity index (χ1n) is 11.9. The van der Waals surface area contributed by atoms with Crippen molar-refractivity contribution in [2.75, 3.05) is 47.1 Å². The predicted molar refractivity (Wildman–Crippen MR) is 147 cm³/mol. The fourth-order valence-electron chi connectivity index (χ4n) is 4.27. The second-order valence-corrected chi connectivity index (χ2v) is 10.7. The first-order valence-corrected chi connectivity index (χ1v) is 13.1. The van der Waals surface area contributed by atoms with Crippen molar-refractivity contribution in [3.63, 3.8) is 0 Å². The molecule has 0 aromatic heterocycles. The van der Waals surface area contributed by atoms with Crippen molar-refractivity contribution in [3.05, 3.63) is 45.5 Å². The van der Waals surface area contributed by atoms with E-state index in [0.29, 0.717) is 46.3 Å². The van der Waals surface area contributed by atoms with Gasteiger partial charge in [-0.1, -0.05) is 37.2 Å². The van der Waals surface area contributed by atoms with Crippen LogP contribution in [0.2, 0.25) is 0 Å². The van der Waals surface area contributed by atoms with Gasteiger partial charge in [-0.3, -0.25) is 14.5 Å². The molecular formula is C26H36Cl2N2O5S. The predicted octanol–water partition coefficient (Wildman–Crippen LogP) is 5.39. The average molecular weight is 560 g/mol. The summed E-state index contributed by atoms with van der Waals surface area (Å²) < 4.78 is 16.9. The maximum Gasteiger partial charge on any atom is 0.225 e. The maximum atomic E-state index is 12.8. The molecule has 10 heteroatoms. The van der Waals surface area contributed by atoms with Crippen LogP contribution in [0.4, 0.5) is 0 Å². The van der Waals surface area contributed by atoms with Crippen molar-refractivity contribution in [2.45, 2.75) is 39.0 Å². The molecule has 1 aromatic carbocycles. The zero-order valence-corrected chi connectivity index (χ0v) is 23.9. The molecular weight excluding hydrogens is 523 g/mol. The van der Waals surface area contributed by atoms with E-state index in [4.69, 9.17) is 25.8 Å². The first-order chi connectivity index (χ1) is 16.7. The van der Waals surface area contributed by atoms with Crippen LogP contribution in [0.3, 0.4) is 0 Å². The van der Waals surface area contributed by atoms with Gasteiger partial charge in [0, 0.05) is 55.6 Å². The number of carbonyl (C=O) groups is 2. The Morgan fingerprint density at radius 2 is 2.00 bits per heavy atom. The van der Waals surface area contributed by atoms with Gasteiger partial charge >= 0.3 is 0 Å². The Balaban J connectivity index is 0.00000456. The number of amides is 1. The number of carbonyl (C=O) groups excluding carboxylic acids is 2. The molecule has 1 heterocycles. The second kappa shape index (κ2) is 14.3. The number of thioether (sulfide) groups is 1. The van der Waals surface area contributed by atoms with Crippen LogP contribution in [0.1, 0.15) is 44.6 Å². The lowest BCUT2D eigenvalue weighted by Crippen LogP contribution is -2.33. The normalized spacial score (nSPS) is 17.3. The van der Waals surface area contributed by atoms with E-state index >= 15 is 0 Å². The number of ketones is 1. The Hall–Kier alpha value is -1.71. The van der Waals surface area contributed by atoms with Crippen LogP contribution in [0, 0.1) is 5.92 Å². The summed E-state index contributed by atoms with van der Waals surface area (Å²) in [5.74, 6) is 1.54. The molecule has 0 radical (unpaired) electrons. The van der Waals surface area contributed by atoms with E-state index in [9.17, 15) is 9.59 Å². The zero-order chi connectivity index (χ0) is 25.5. The Kier molecular flexibility index (Phi) is 12.1. The van der Waals surface area contributed by atoms with Crippen molar-refractivity contribution in [1.82, 2.24) is 9.80 Å². The van der Waals surface area contributed by atoms with Gasteiger partial charge in [0.25, 0.3) is 0 Å². The first kappa shape index (κ1) is 30.5. The summed E-state index contributed by atoms with van der Waals surface area (Å²) in [6.07, 6.45) is 2.74. The Bertz CT molecular complexity index is 999. The SMILES string of the molecule is COCCN(CCCOc1ccc(OC)cc1C1SC2=C(C(=O)CC(Cl)=C2)N1C(C)=O)CC(C)C.Cl. The highest BCUT2D eigenvalue weighted by molar-refractivity contribution is 8.03. The van der Waals surface area contributed by atoms with Crippen LogP contribution in [0.25, 0.3) is 0 Å². The number of hydrogen-bond acceptors (Lipinski definition) is 7. The number of allylic oxidation sites excluding steroid dienone is 3. The number of rotatable bonds is 12. The smallest absolute Gasteiger partial charge is 0.225 e. The molecule has 1 aromatic rings. The second-order valence-electron chi connectivity index (χ2n) is 9.06. The third-order valence-corrected chi connectivity index (χ3v) is 7.26. The molecule has 36 heavy (non-hydrogen) atoms. The molecule has 1 aliphatic heterocycles. The van der Waals surface area contributed by atoms with E-state index in [1.165, 1.54) is 18.7 Å². The van der Waals surface area contributed by atoms with Gasteiger partial charge in [0.1, 0.15) is 22.6 Å². The summed E-state index contributed by atoms with van der Waals surface area (Å²) in [4.78, 5) is 30.1. The highest BCUT2D eigenvalue weighted by Crippen LogP contribution is 2.53. The summed E-state index contributed by atoms with van der Waals surface area (Å²) in [5.41, 5.74) is 1.20. The molecule has 0 spiro atoms. The molecule has 3 rings (SSSR count). The van der Waals surface area contributed by atoms with Crippen LogP contribution in [0.5, 0.6) is 11.5 Å². The van der Waals surface area contributed by atoms with Gasteiger partial charge < -0.3 is 19.1 Å². The van der Waals surface area contributed by atoms with E-state index in [-0.39, 0.29) is 30.5 Å². The van der Waals surface area contributed by atoms with Crippen LogP contribution in [-0.4, -0.2) is 68.6 Å². The third-order valence-electron chi connectivity index (χ3n) is 5.76. The number of Topliss-reactive ketones (excluding diaryl/α,β-unsaturated/α-hetero) is 1. The number of benzene rings is 1. The number of halogens is 2. The number of hydrogen-bond donors (Lipinski definition) is 0. The molecule has 0 N–H and O–H groups in total. The quantitative estimate of drug-likeness (QED) is 0.318. The van der Waals surface area contributed by atoms with Crippen LogP contribution < -0.4 is 9.47 Å². The Labute approximate surface area is 229 Å². The molecule has 200 valence electrons. The van der Waals surface area contributed by atoms with Gasteiger partial charge in [-0.2, -0.15) is 0 Å². The molecule has 0 saturated carbocycles. The van der Waals surface area contributed by atoms with Crippen LogP contribution >= 0.6 is 35.8 Å². The Morgan fingerprint density at radius 1 is 1.25 bits per heavy atom. The fraction of sp³-hybridized carbons (Fsp3) is 0.538. The average Bonchev–Trinajstić information content (AvgIpc) is 3.19. The summed E-state index contributed by atoms with van der Waals surface area (Å²) in [6, 6.07) is 5.59. The highest BCUT2D eigenvalue weighted by Gasteiger charge is 2.42. The van der Waals surface area contributed by atoms with Gasteiger partial charge in [-0.05, 0) is 36.6 Å². The Morgan fingerprint density at radius 3 is 2.64 bits per heavy atom. The molecule has 0 saturated heterocycles. The van der Waals surface area contributed by atoms with Gasteiger partial charge in [0.05, 0.1) is 20.3 Å². The van der Waals surface area contributed by atoms with Crippen LogP contribution in [-0.2, 0) is 14.3 Å². The lowest BCUT2D eigenvalue weighted by atomic mass is 10.1. The molecule has 1 atom stereocenters. The lowest BCUT2D eigenvalue weighted by molar-refractivity contribution is -0.130. The molecule has 1 unspecified atom stereocenters. The largest absolute Gasteiger partial charge is 0.497 e. The molecule has 0 bridgehead atoms. The van der Waals surface area contributed by atoms with Crippen molar-refractivity contribution in [2.24, 2.45) is 5.92 Å². The highest BCUT2D eigenvalue weighted by atomic mass is 35.5. The lowest BCUT2D eigenvalue weighted by Gasteiger charge is -2.27. The standard InChI is InChI=1S/C26H35ClN2O5S.ClH/c1-17(2)16-28(10-12-32-4)9-6-11-34-23-8-7-20(33-5)15-21(23)26-29(18(3)30)25-22(31)13-19(27)14-24(25)35-26;/h7-8,14-15,17,26H,6,9-13,16H2,1-5H3;1H. The minimum absolute atomic E-state index is 0. The topological polar surface area (TPSA) is 68.3 Å². The molecule has 7 nitrogen and oxygen atoms in total. The van der Waals surface area contributed by atoms with Crippen LogP contribution in [0.15, 0.2) is 39.9 Å². The van der Waals surface area contributed by atoms with E-state index in [2.05, 4.69) is 18.7 Å². The van der Waals surface area contributed by atoms with Crippen molar-refractivity contribution < 1.29 is 23.8 Å². The summed E-state index contributed by atoms with van der Waals surface area (Å²) >= 11 is 7.61. The monoisotopic (exact) mass is 558 g/mol. The minimum Gasteiger partial charge on any atom is -0.497 e. The summed E-state index contributed by atoms with van der Waals surface area (Å²) in [7, 11) is 3.32. The van der Waals surface area contributed by atoms with Gasteiger partial charge in [0.15, 0.2) is 5.78 Å². The number of methoxy groups -OCH3 is 2. The van der Waals surface area contributed by atoms with E-state index < -0.39 is 5.37 Å². The molecule has 2 aliphatic rings. The zero-order valence-electron chi connectivity index (χ0n) is 21.5. The number of nitrogens with zero attached hydrogens (tertiary/aromatic N) is 2. The molecule has 1 aliphatic carbocycles. The fourth-order valence-corrected chi connectivity index (χ4v) is 6.01. The van der Waals surface area contributed by atoms with Crippen molar-refractivity contribution in [3.8, 4) is 11.5 Å². The third kappa shape index (κ3) is 7.65. The van der Waals surface area contributed by atoms with E-state index in [1.807, 2.05) is 18.2 Å². The summed E-state index contributed by atoms with van der Waals surface area (Å²) in [6.45, 7) is 9.91. The minimum atomic E-state index is -0.440. The van der Waals surface area contributed by atoms with E-state index in [1.54, 1.807) is 25.2 Å². The molecule has 1 amide bonds.